The van der Waals surface area contributed by atoms with Crippen LogP contribution in [0.3, 0.4) is 0 Å². The van der Waals surface area contributed by atoms with Crippen LogP contribution in [0.5, 0.6) is 0 Å². The Labute approximate surface area is 208 Å². The highest BCUT2D eigenvalue weighted by atomic mass is 35.5. The Bertz CT molecular complexity index is 1200. The summed E-state index contributed by atoms with van der Waals surface area (Å²) in [4.78, 5) is 47.8. The molecule has 1 fully saturated rings. The van der Waals surface area contributed by atoms with E-state index in [-0.39, 0.29) is 31.8 Å². The van der Waals surface area contributed by atoms with Crippen molar-refractivity contribution in [3.63, 3.8) is 0 Å². The molecule has 4 rings (SSSR count). The second-order valence-corrected chi connectivity index (χ2v) is 10.9. The summed E-state index contributed by atoms with van der Waals surface area (Å²) < 4.78 is 0.131. The van der Waals surface area contributed by atoms with E-state index in [1.165, 1.54) is 35.5 Å². The molecule has 14 nitrogen and oxygen atoms in total. The number of nitrogens with two attached hydrogens (primary N) is 1. The summed E-state index contributed by atoms with van der Waals surface area (Å²) >= 11 is 9.60. The maximum absolute atomic E-state index is 12.9. The molecule has 0 spiro atoms. The lowest BCUT2D eigenvalue weighted by Crippen LogP contribution is -2.71. The average molecular weight is 546 g/mol. The minimum absolute atomic E-state index is 0.0182. The van der Waals surface area contributed by atoms with Gasteiger partial charge < -0.3 is 21.0 Å². The van der Waals surface area contributed by atoms with E-state index in [1.54, 1.807) is 6.92 Å². The van der Waals surface area contributed by atoms with Crippen molar-refractivity contribution < 1.29 is 24.3 Å². The molecule has 0 aromatic carbocycles. The number of aromatic nitrogens is 5. The highest BCUT2D eigenvalue weighted by Crippen LogP contribution is 2.43. The summed E-state index contributed by atoms with van der Waals surface area (Å²) in [5.41, 5.74) is 5.83. The predicted octanol–water partition coefficient (Wildman–Crippen LogP) is 0.162. The third-order valence-electron chi connectivity index (χ3n) is 4.82. The van der Waals surface area contributed by atoms with Gasteiger partial charge in [0.05, 0.1) is 0 Å². The van der Waals surface area contributed by atoms with Gasteiger partial charge in [-0.15, -0.1) is 16.9 Å². The number of fused-ring (bicyclic) bond motifs is 1. The van der Waals surface area contributed by atoms with Crippen LogP contribution in [0, 0.1) is 0 Å². The number of nitrogens with zero attached hydrogens (tertiary/aromatic N) is 6. The number of hydrogen-bond acceptors (Lipinski definition) is 13. The minimum Gasteiger partial charge on any atom is -0.477 e. The van der Waals surface area contributed by atoms with Gasteiger partial charge in [0.1, 0.15) is 34.3 Å². The molecule has 1 saturated heterocycles. The number of hydrogen-bond donors (Lipinski definition) is 4. The summed E-state index contributed by atoms with van der Waals surface area (Å²) in [6, 6.07) is -0.980. The molecule has 2 aliphatic heterocycles. The maximum atomic E-state index is 12.9. The van der Waals surface area contributed by atoms with Crippen molar-refractivity contribution in [2.45, 2.75) is 28.7 Å². The number of thioether (sulfide) groups is 2. The smallest absolute Gasteiger partial charge is 0.352 e. The number of nitrogen functional groups attached to an aromatic ring is 1. The van der Waals surface area contributed by atoms with Crippen LogP contribution in [0.1, 0.15) is 12.6 Å². The molecule has 180 valence electrons. The number of amides is 2. The van der Waals surface area contributed by atoms with Crippen molar-refractivity contribution in [3.05, 3.63) is 21.3 Å². The summed E-state index contributed by atoms with van der Waals surface area (Å²) in [6.45, 7) is 1.80. The largest absolute Gasteiger partial charge is 0.477 e. The lowest BCUT2D eigenvalue weighted by molar-refractivity contribution is -0.150. The molecule has 18 heteroatoms. The number of aliphatic carboxylic acids is 1. The molecular formula is C16H16ClN9O5S3. The zero-order chi connectivity index (χ0) is 24.6. The van der Waals surface area contributed by atoms with E-state index in [9.17, 15) is 19.5 Å². The number of carboxylic acid groups (broad SMARTS) is 1. The fourth-order valence-corrected chi connectivity index (χ4v) is 6.70. The van der Waals surface area contributed by atoms with Crippen LogP contribution in [-0.4, -0.2) is 88.6 Å². The van der Waals surface area contributed by atoms with Crippen LogP contribution >= 0.6 is 46.5 Å². The zero-order valence-electron chi connectivity index (χ0n) is 17.4. The number of carbonyl (C=O) groups excluding carboxylic acids is 2. The van der Waals surface area contributed by atoms with Gasteiger partial charge in [-0.3, -0.25) is 14.5 Å². The van der Waals surface area contributed by atoms with Gasteiger partial charge in [-0.2, -0.15) is 0 Å². The monoisotopic (exact) mass is 545 g/mol. The first-order valence-electron chi connectivity index (χ1n) is 9.38. The second-order valence-electron chi connectivity index (χ2n) is 6.80. The van der Waals surface area contributed by atoms with Crippen LogP contribution in [0.2, 0.25) is 4.34 Å². The van der Waals surface area contributed by atoms with Crippen LogP contribution in [0.25, 0.3) is 0 Å². The Balaban J connectivity index is 1.54. The number of rotatable bonds is 8. The Hall–Kier alpha value is -2.89. The van der Waals surface area contributed by atoms with E-state index in [2.05, 4.69) is 36.1 Å². The topological polar surface area (TPSA) is 202 Å². The molecule has 0 radical (unpaired) electrons. The van der Waals surface area contributed by atoms with Gasteiger partial charge in [0.15, 0.2) is 10.8 Å². The van der Waals surface area contributed by atoms with Gasteiger partial charge in [-0.05, 0) is 22.9 Å². The number of thiazole rings is 1. The number of anilines is 1. The third-order valence-corrected chi connectivity index (χ3v) is 8.24. The van der Waals surface area contributed by atoms with Gasteiger partial charge in [0, 0.05) is 11.0 Å². The van der Waals surface area contributed by atoms with Crippen molar-refractivity contribution in [2.75, 3.05) is 18.6 Å². The fourth-order valence-electron chi connectivity index (χ4n) is 3.35. The molecule has 2 unspecified atom stereocenters. The van der Waals surface area contributed by atoms with E-state index in [4.69, 9.17) is 22.2 Å². The Morgan fingerprint density at radius 1 is 1.50 bits per heavy atom. The van der Waals surface area contributed by atoms with Crippen molar-refractivity contribution >= 4 is 75.1 Å². The molecule has 3 atom stereocenters. The lowest BCUT2D eigenvalue weighted by Gasteiger charge is -2.49. The van der Waals surface area contributed by atoms with Crippen molar-refractivity contribution in [2.24, 2.45) is 5.16 Å². The summed E-state index contributed by atoms with van der Waals surface area (Å²) in [5, 5.41) is 29.1. The van der Waals surface area contributed by atoms with Gasteiger partial charge >= 0.3 is 5.97 Å². The van der Waals surface area contributed by atoms with Gasteiger partial charge in [-0.25, -0.2) is 14.9 Å². The number of β-lactam (4-membered cyclic amide) rings is 1. The molecule has 4 heterocycles. The molecule has 0 saturated carbocycles. The number of carboxylic acids is 1. The number of carbonyl (C=O) groups is 3. The van der Waals surface area contributed by atoms with Crippen LogP contribution in [0.4, 0.5) is 5.13 Å². The predicted molar refractivity (Wildman–Crippen MR) is 124 cm³/mol. The second kappa shape index (κ2) is 9.77. The quantitative estimate of drug-likeness (QED) is 0.152. The molecule has 0 bridgehead atoms. The summed E-state index contributed by atoms with van der Waals surface area (Å²) in [6.07, 6.45) is 0. The number of halogens is 1. The van der Waals surface area contributed by atoms with Gasteiger partial charge in [0.25, 0.3) is 11.8 Å². The Morgan fingerprint density at radius 2 is 2.26 bits per heavy atom. The molecule has 34 heavy (non-hydrogen) atoms. The third kappa shape index (κ3) is 4.42. The first kappa shape index (κ1) is 24.2. The standard InChI is InChI=1S/C16H16ClN9O5S3/c1-4(33-16-21-24-25-22-16)5-3-32-13-8(12(28)26(13)9(5)14(29)30)19-11(27)7(23-31-2)6-10(17)34-15(18)20-6/h4,8,13H,3H2,1-2H3,(H2,18,20)(H,19,27)(H,29,30)(H,21,22,24,25)/t4?,8?,13-/m0/s1. The van der Waals surface area contributed by atoms with E-state index < -0.39 is 29.2 Å². The van der Waals surface area contributed by atoms with Crippen molar-refractivity contribution in [1.82, 2.24) is 35.8 Å². The lowest BCUT2D eigenvalue weighted by atomic mass is 10.0. The van der Waals surface area contributed by atoms with E-state index in [0.29, 0.717) is 16.5 Å². The van der Waals surface area contributed by atoms with E-state index in [1.807, 2.05) is 0 Å². The molecular weight excluding hydrogens is 530 g/mol. The van der Waals surface area contributed by atoms with Crippen LogP contribution in [0.15, 0.2) is 21.6 Å². The maximum Gasteiger partial charge on any atom is 0.352 e. The Kier molecular flexibility index (Phi) is 6.96. The molecule has 2 aromatic heterocycles. The normalized spacial score (nSPS) is 21.1. The minimum atomic E-state index is -1.24. The summed E-state index contributed by atoms with van der Waals surface area (Å²) in [5.74, 6) is -2.25. The number of aromatic amines is 1. The number of H-pyrrole nitrogens is 1. The average Bonchev–Trinajstić information content (AvgIpc) is 3.42. The Morgan fingerprint density at radius 3 is 2.85 bits per heavy atom. The molecule has 0 aliphatic carbocycles. The van der Waals surface area contributed by atoms with Crippen molar-refractivity contribution in [3.8, 4) is 0 Å². The molecule has 2 amide bonds. The fraction of sp³-hybridized carbons (Fsp3) is 0.375. The first-order valence-corrected chi connectivity index (χ1v) is 12.5. The SMILES string of the molecule is CON=C(C(=O)NC1C(=O)N2C(C(=O)O)=C(C(C)Sc3nnn[nH]3)CS[C@@H]12)c1nc(N)sc1Cl. The molecule has 5 N–H and O–H groups in total. The number of oxime groups is 1. The van der Waals surface area contributed by atoms with Gasteiger partial charge in [-0.1, -0.05) is 39.9 Å². The summed E-state index contributed by atoms with van der Waals surface area (Å²) in [7, 11) is 1.24. The molecule has 2 aromatic rings. The zero-order valence-corrected chi connectivity index (χ0v) is 20.6. The van der Waals surface area contributed by atoms with Crippen molar-refractivity contribution in [1.29, 1.82) is 0 Å². The van der Waals surface area contributed by atoms with Crippen LogP contribution in [-0.2, 0) is 19.2 Å². The van der Waals surface area contributed by atoms with E-state index in [0.717, 1.165) is 11.3 Å². The first-order chi connectivity index (χ1) is 16.2. The van der Waals surface area contributed by atoms with Crippen LogP contribution < -0.4 is 11.1 Å². The number of tetrazole rings is 1. The van der Waals surface area contributed by atoms with Gasteiger partial charge in [0.2, 0.25) is 5.16 Å². The highest BCUT2D eigenvalue weighted by molar-refractivity contribution is 8.01. The van der Waals surface area contributed by atoms with E-state index >= 15 is 0 Å². The highest BCUT2D eigenvalue weighted by Gasteiger charge is 2.55. The number of nitrogens with one attached hydrogen (secondary N) is 2. The molecule has 2 aliphatic rings.